The lowest BCUT2D eigenvalue weighted by Gasteiger charge is -2.06. The first-order valence-corrected chi connectivity index (χ1v) is 4.04. The van der Waals surface area contributed by atoms with Crippen molar-refractivity contribution in [3.8, 4) is 11.8 Å². The van der Waals surface area contributed by atoms with Crippen LogP contribution in [0.1, 0.15) is 11.1 Å². The van der Waals surface area contributed by atoms with Crippen molar-refractivity contribution in [2.45, 2.75) is 13.3 Å². The highest BCUT2D eigenvalue weighted by Gasteiger charge is 2.04. The van der Waals surface area contributed by atoms with E-state index in [0.29, 0.717) is 11.3 Å². The van der Waals surface area contributed by atoms with Gasteiger partial charge in [-0.3, -0.25) is 0 Å². The molecule has 0 saturated heterocycles. The number of nitriles is 1. The maximum absolute atomic E-state index is 11.8. The highest BCUT2D eigenvalue weighted by atomic mass is 19.3. The lowest BCUT2D eigenvalue weighted by atomic mass is 10.1. The Morgan fingerprint density at radius 1 is 1.43 bits per heavy atom. The molecule has 2 nitrogen and oxygen atoms in total. The molecule has 0 spiro atoms. The van der Waals surface area contributed by atoms with E-state index < -0.39 is 13.0 Å². The van der Waals surface area contributed by atoms with Crippen molar-refractivity contribution in [3.63, 3.8) is 0 Å². The van der Waals surface area contributed by atoms with E-state index >= 15 is 0 Å². The number of ether oxygens (including phenoxy) is 1. The lowest BCUT2D eigenvalue weighted by Crippen LogP contribution is -2.07. The van der Waals surface area contributed by atoms with Gasteiger partial charge >= 0.3 is 0 Å². The average molecular weight is 197 g/mol. The van der Waals surface area contributed by atoms with Crippen LogP contribution in [0.5, 0.6) is 5.75 Å². The molecule has 74 valence electrons. The Labute approximate surface area is 80.7 Å². The predicted molar refractivity (Wildman–Crippen MR) is 47.4 cm³/mol. The molecule has 0 heterocycles. The van der Waals surface area contributed by atoms with Crippen molar-refractivity contribution in [1.29, 1.82) is 5.26 Å². The van der Waals surface area contributed by atoms with E-state index in [1.165, 1.54) is 6.07 Å². The van der Waals surface area contributed by atoms with Gasteiger partial charge in [-0.1, -0.05) is 0 Å². The van der Waals surface area contributed by atoms with Gasteiger partial charge in [0.05, 0.1) is 11.6 Å². The number of rotatable bonds is 3. The number of aryl methyl sites for hydroxylation is 1. The third kappa shape index (κ3) is 3.02. The molecule has 14 heavy (non-hydrogen) atoms. The van der Waals surface area contributed by atoms with Gasteiger partial charge in [0.25, 0.3) is 6.43 Å². The zero-order chi connectivity index (χ0) is 10.6. The number of hydrogen-bond acceptors (Lipinski definition) is 2. The van der Waals surface area contributed by atoms with Crippen LogP contribution in [-0.4, -0.2) is 13.0 Å². The largest absolute Gasteiger partial charge is 0.488 e. The van der Waals surface area contributed by atoms with Gasteiger partial charge < -0.3 is 4.74 Å². The molecule has 1 rings (SSSR count). The highest BCUT2D eigenvalue weighted by Crippen LogP contribution is 2.16. The van der Waals surface area contributed by atoms with Gasteiger partial charge in [0.15, 0.2) is 0 Å². The Hall–Kier alpha value is -1.63. The molecular weight excluding hydrogens is 188 g/mol. The lowest BCUT2D eigenvalue weighted by molar-refractivity contribution is 0.0818. The van der Waals surface area contributed by atoms with E-state index in [9.17, 15) is 8.78 Å². The molecular formula is C10H9F2NO. The maximum Gasteiger partial charge on any atom is 0.272 e. The molecule has 0 radical (unpaired) electrons. The summed E-state index contributed by atoms with van der Waals surface area (Å²) in [6.07, 6.45) is -2.50. The minimum Gasteiger partial charge on any atom is -0.488 e. The van der Waals surface area contributed by atoms with Crippen LogP contribution in [0.4, 0.5) is 8.78 Å². The van der Waals surface area contributed by atoms with E-state index in [1.807, 2.05) is 6.07 Å². The van der Waals surface area contributed by atoms with Gasteiger partial charge in [-0.05, 0) is 30.7 Å². The van der Waals surface area contributed by atoms with Crippen molar-refractivity contribution in [1.82, 2.24) is 0 Å². The van der Waals surface area contributed by atoms with Gasteiger partial charge in [0.1, 0.15) is 12.4 Å². The molecule has 0 atom stereocenters. The number of alkyl halides is 2. The Kier molecular flexibility index (Phi) is 3.41. The zero-order valence-electron chi connectivity index (χ0n) is 7.63. The molecule has 0 amide bonds. The summed E-state index contributed by atoms with van der Waals surface area (Å²) in [5.74, 6) is 0.307. The van der Waals surface area contributed by atoms with E-state index in [4.69, 9.17) is 10.00 Å². The molecule has 0 bridgehead atoms. The molecule has 0 unspecified atom stereocenters. The third-order valence-corrected chi connectivity index (χ3v) is 1.56. The standard InChI is InChI=1S/C10H9F2NO/c1-7-2-8(5-13)4-9(3-7)14-6-10(11)12/h2-4,10H,6H2,1H3. The predicted octanol–water partition coefficient (Wildman–Crippen LogP) is 2.51. The smallest absolute Gasteiger partial charge is 0.272 e. The Bertz CT molecular complexity index is 358. The summed E-state index contributed by atoms with van der Waals surface area (Å²) in [5, 5.41) is 8.61. The summed E-state index contributed by atoms with van der Waals surface area (Å²) < 4.78 is 28.4. The van der Waals surface area contributed by atoms with Gasteiger partial charge in [-0.25, -0.2) is 8.78 Å². The molecule has 0 fully saturated rings. The summed E-state index contributed by atoms with van der Waals surface area (Å²) in [6.45, 7) is 1.13. The molecule has 0 N–H and O–H groups in total. The molecule has 1 aromatic carbocycles. The van der Waals surface area contributed by atoms with Crippen molar-refractivity contribution >= 4 is 0 Å². The molecule has 0 aliphatic rings. The third-order valence-electron chi connectivity index (χ3n) is 1.56. The van der Waals surface area contributed by atoms with Crippen LogP contribution in [0, 0.1) is 18.3 Å². The van der Waals surface area contributed by atoms with Crippen LogP contribution < -0.4 is 4.74 Å². The Balaban J connectivity index is 2.78. The molecule has 1 aromatic rings. The van der Waals surface area contributed by atoms with Crippen molar-refractivity contribution in [2.75, 3.05) is 6.61 Å². The van der Waals surface area contributed by atoms with E-state index in [2.05, 4.69) is 0 Å². The van der Waals surface area contributed by atoms with Crippen LogP contribution in [0.25, 0.3) is 0 Å². The first kappa shape index (κ1) is 10.5. The fourth-order valence-corrected chi connectivity index (χ4v) is 1.06. The monoisotopic (exact) mass is 197 g/mol. The number of halogens is 2. The topological polar surface area (TPSA) is 33.0 Å². The van der Waals surface area contributed by atoms with Crippen LogP contribution in [-0.2, 0) is 0 Å². The van der Waals surface area contributed by atoms with Crippen LogP contribution in [0.15, 0.2) is 18.2 Å². The molecule has 0 aliphatic heterocycles. The van der Waals surface area contributed by atoms with Crippen LogP contribution in [0.3, 0.4) is 0 Å². The van der Waals surface area contributed by atoms with Crippen LogP contribution >= 0.6 is 0 Å². The van der Waals surface area contributed by atoms with Crippen molar-refractivity contribution < 1.29 is 13.5 Å². The summed E-state index contributed by atoms with van der Waals surface area (Å²) >= 11 is 0. The molecule has 0 aliphatic carbocycles. The van der Waals surface area contributed by atoms with E-state index in [0.717, 1.165) is 5.56 Å². The molecule has 4 heteroatoms. The summed E-state index contributed by atoms with van der Waals surface area (Å²) in [5.41, 5.74) is 1.22. The maximum atomic E-state index is 11.8. The molecule has 0 aromatic heterocycles. The summed E-state index contributed by atoms with van der Waals surface area (Å²) in [6, 6.07) is 6.64. The van der Waals surface area contributed by atoms with Crippen molar-refractivity contribution in [2.24, 2.45) is 0 Å². The quantitative estimate of drug-likeness (QED) is 0.745. The van der Waals surface area contributed by atoms with Crippen molar-refractivity contribution in [3.05, 3.63) is 29.3 Å². The fourth-order valence-electron chi connectivity index (χ4n) is 1.06. The second-order valence-corrected chi connectivity index (χ2v) is 2.85. The van der Waals surface area contributed by atoms with E-state index in [-0.39, 0.29) is 0 Å². The Morgan fingerprint density at radius 3 is 2.71 bits per heavy atom. The second kappa shape index (κ2) is 4.56. The van der Waals surface area contributed by atoms with Crippen LogP contribution in [0.2, 0.25) is 0 Å². The fraction of sp³-hybridized carbons (Fsp3) is 0.300. The zero-order valence-corrected chi connectivity index (χ0v) is 7.63. The number of nitrogens with zero attached hydrogens (tertiary/aromatic N) is 1. The summed E-state index contributed by atoms with van der Waals surface area (Å²) in [7, 11) is 0. The highest BCUT2D eigenvalue weighted by molar-refractivity contribution is 5.40. The number of hydrogen-bond donors (Lipinski definition) is 0. The number of benzene rings is 1. The van der Waals surface area contributed by atoms with Gasteiger partial charge in [0, 0.05) is 0 Å². The van der Waals surface area contributed by atoms with Gasteiger partial charge in [-0.15, -0.1) is 0 Å². The van der Waals surface area contributed by atoms with Gasteiger partial charge in [-0.2, -0.15) is 5.26 Å². The average Bonchev–Trinajstić information content (AvgIpc) is 2.14. The first-order valence-electron chi connectivity index (χ1n) is 4.04. The Morgan fingerprint density at radius 2 is 2.14 bits per heavy atom. The summed E-state index contributed by atoms with van der Waals surface area (Å²) in [4.78, 5) is 0. The van der Waals surface area contributed by atoms with Gasteiger partial charge in [0.2, 0.25) is 0 Å². The van der Waals surface area contributed by atoms with E-state index in [1.54, 1.807) is 19.1 Å². The first-order chi connectivity index (χ1) is 6.61. The molecule has 0 saturated carbocycles. The second-order valence-electron chi connectivity index (χ2n) is 2.85. The normalized spacial score (nSPS) is 9.93. The SMILES string of the molecule is Cc1cc(C#N)cc(OCC(F)F)c1. The minimum absolute atomic E-state index is 0.307. The minimum atomic E-state index is -2.50.